The Bertz CT molecular complexity index is 782. The summed E-state index contributed by atoms with van der Waals surface area (Å²) >= 11 is 1.51. The molecule has 0 atom stereocenters. The second kappa shape index (κ2) is 6.36. The van der Waals surface area contributed by atoms with Crippen molar-refractivity contribution in [1.29, 1.82) is 0 Å². The molecule has 0 amide bonds. The minimum atomic E-state index is -3.56. The van der Waals surface area contributed by atoms with E-state index in [0.717, 1.165) is 16.3 Å². The Labute approximate surface area is 135 Å². The Morgan fingerprint density at radius 2 is 1.91 bits per heavy atom. The second-order valence-electron chi connectivity index (χ2n) is 5.21. The number of nitrogens with zero attached hydrogens (tertiary/aromatic N) is 2. The zero-order valence-electron chi connectivity index (χ0n) is 13.4. The Hall–Kier alpha value is -1.44. The van der Waals surface area contributed by atoms with Gasteiger partial charge in [-0.05, 0) is 44.0 Å². The van der Waals surface area contributed by atoms with E-state index < -0.39 is 10.0 Å². The van der Waals surface area contributed by atoms with Gasteiger partial charge in [0.05, 0.1) is 29.3 Å². The summed E-state index contributed by atoms with van der Waals surface area (Å²) in [6.45, 7) is 5.77. The van der Waals surface area contributed by atoms with Gasteiger partial charge in [-0.2, -0.15) is 4.31 Å². The molecule has 120 valence electrons. The number of sulfonamides is 1. The third-order valence-corrected chi connectivity index (χ3v) is 6.20. The van der Waals surface area contributed by atoms with Gasteiger partial charge in [0.2, 0.25) is 10.0 Å². The molecule has 1 aromatic heterocycles. The summed E-state index contributed by atoms with van der Waals surface area (Å²) in [6.07, 6.45) is 0. The van der Waals surface area contributed by atoms with E-state index >= 15 is 0 Å². The molecule has 2 aromatic rings. The van der Waals surface area contributed by atoms with Gasteiger partial charge < -0.3 is 4.74 Å². The van der Waals surface area contributed by atoms with Crippen molar-refractivity contribution >= 4 is 21.4 Å². The van der Waals surface area contributed by atoms with Crippen molar-refractivity contribution in [2.75, 3.05) is 14.2 Å². The number of thiazole rings is 1. The monoisotopic (exact) mass is 340 g/mol. The Morgan fingerprint density at radius 3 is 2.45 bits per heavy atom. The van der Waals surface area contributed by atoms with Crippen molar-refractivity contribution in [1.82, 2.24) is 9.29 Å². The van der Waals surface area contributed by atoms with Gasteiger partial charge in [-0.3, -0.25) is 0 Å². The van der Waals surface area contributed by atoms with Crippen molar-refractivity contribution in [3.05, 3.63) is 39.3 Å². The third kappa shape index (κ3) is 3.31. The van der Waals surface area contributed by atoms with Crippen LogP contribution in [0.1, 0.15) is 21.8 Å². The van der Waals surface area contributed by atoms with Crippen LogP contribution in [0.4, 0.5) is 0 Å². The highest BCUT2D eigenvalue weighted by molar-refractivity contribution is 7.89. The van der Waals surface area contributed by atoms with Crippen LogP contribution in [0, 0.1) is 20.8 Å². The zero-order chi connectivity index (χ0) is 16.5. The fourth-order valence-electron chi connectivity index (χ4n) is 2.22. The molecule has 0 aliphatic heterocycles. The van der Waals surface area contributed by atoms with E-state index in [2.05, 4.69) is 4.98 Å². The average Bonchev–Trinajstić information content (AvgIpc) is 2.85. The highest BCUT2D eigenvalue weighted by atomic mass is 32.2. The first-order valence-electron chi connectivity index (χ1n) is 6.78. The number of rotatable bonds is 5. The number of methoxy groups -OCH3 is 1. The van der Waals surface area contributed by atoms with Crippen LogP contribution in [0.25, 0.3) is 0 Å². The van der Waals surface area contributed by atoms with Gasteiger partial charge in [0.25, 0.3) is 0 Å². The molecule has 0 aliphatic rings. The minimum Gasteiger partial charge on any atom is -0.496 e. The number of aromatic nitrogens is 1. The Morgan fingerprint density at radius 1 is 1.23 bits per heavy atom. The van der Waals surface area contributed by atoms with Crippen LogP contribution in [0.3, 0.4) is 0 Å². The molecule has 7 heteroatoms. The van der Waals surface area contributed by atoms with Crippen molar-refractivity contribution in [2.24, 2.45) is 0 Å². The number of hydrogen-bond acceptors (Lipinski definition) is 5. The molecule has 0 radical (unpaired) electrons. The molecule has 1 heterocycles. The summed E-state index contributed by atoms with van der Waals surface area (Å²) < 4.78 is 32.1. The second-order valence-corrected chi connectivity index (χ2v) is 8.28. The van der Waals surface area contributed by atoms with Crippen LogP contribution in [0.5, 0.6) is 5.75 Å². The van der Waals surface area contributed by atoms with Crippen LogP contribution in [-0.2, 0) is 16.6 Å². The van der Waals surface area contributed by atoms with Gasteiger partial charge in [-0.1, -0.05) is 0 Å². The van der Waals surface area contributed by atoms with E-state index in [1.807, 2.05) is 19.2 Å². The molecule has 0 saturated heterocycles. The van der Waals surface area contributed by atoms with Crippen LogP contribution < -0.4 is 4.74 Å². The van der Waals surface area contributed by atoms with Crippen molar-refractivity contribution < 1.29 is 13.2 Å². The quantitative estimate of drug-likeness (QED) is 0.840. The molecule has 22 heavy (non-hydrogen) atoms. The van der Waals surface area contributed by atoms with Crippen LogP contribution in [0.2, 0.25) is 0 Å². The maximum atomic E-state index is 12.8. The first-order valence-corrected chi connectivity index (χ1v) is 9.10. The molecule has 0 fully saturated rings. The molecule has 0 bridgehead atoms. The summed E-state index contributed by atoms with van der Waals surface area (Å²) in [4.78, 5) is 4.62. The van der Waals surface area contributed by atoms with Gasteiger partial charge in [0, 0.05) is 12.4 Å². The van der Waals surface area contributed by atoms with E-state index in [-0.39, 0.29) is 6.54 Å². The zero-order valence-corrected chi connectivity index (χ0v) is 15.0. The third-order valence-electron chi connectivity index (χ3n) is 3.43. The van der Waals surface area contributed by atoms with E-state index in [4.69, 9.17) is 4.74 Å². The number of hydrogen-bond donors (Lipinski definition) is 0. The van der Waals surface area contributed by atoms with Gasteiger partial charge >= 0.3 is 0 Å². The average molecular weight is 340 g/mol. The van der Waals surface area contributed by atoms with Gasteiger partial charge in [-0.25, -0.2) is 13.4 Å². The number of aryl methyl sites for hydroxylation is 3. The van der Waals surface area contributed by atoms with E-state index in [1.165, 1.54) is 15.6 Å². The van der Waals surface area contributed by atoms with Gasteiger partial charge in [0.1, 0.15) is 5.75 Å². The lowest BCUT2D eigenvalue weighted by Crippen LogP contribution is -2.27. The van der Waals surface area contributed by atoms with E-state index in [9.17, 15) is 8.42 Å². The topological polar surface area (TPSA) is 59.5 Å². The molecule has 0 unspecified atom stereocenters. The Kier molecular flexibility index (Phi) is 4.89. The molecule has 1 aromatic carbocycles. The summed E-state index contributed by atoms with van der Waals surface area (Å²) in [5.41, 5.74) is 2.23. The fraction of sp³-hybridized carbons (Fsp3) is 0.400. The maximum Gasteiger partial charge on any atom is 0.243 e. The van der Waals surface area contributed by atoms with Crippen LogP contribution >= 0.6 is 11.3 Å². The first-order chi connectivity index (χ1) is 10.3. The summed E-state index contributed by atoms with van der Waals surface area (Å²) in [5, 5.41) is 2.81. The van der Waals surface area contributed by atoms with Crippen molar-refractivity contribution in [3.8, 4) is 5.75 Å². The largest absolute Gasteiger partial charge is 0.496 e. The minimum absolute atomic E-state index is 0.261. The van der Waals surface area contributed by atoms with Crippen LogP contribution in [-0.4, -0.2) is 31.9 Å². The molecular weight excluding hydrogens is 320 g/mol. The predicted octanol–water partition coefficient (Wildman–Crippen LogP) is 2.90. The van der Waals surface area contributed by atoms with Crippen molar-refractivity contribution in [2.45, 2.75) is 32.2 Å². The Balaban J connectivity index is 2.35. The lowest BCUT2D eigenvalue weighted by Gasteiger charge is -2.19. The highest BCUT2D eigenvalue weighted by Crippen LogP contribution is 2.28. The molecule has 0 N–H and O–H groups in total. The summed E-state index contributed by atoms with van der Waals surface area (Å²) in [5.74, 6) is 0.689. The van der Waals surface area contributed by atoms with E-state index in [0.29, 0.717) is 16.2 Å². The maximum absolute atomic E-state index is 12.8. The first kappa shape index (κ1) is 16.9. The lowest BCUT2D eigenvalue weighted by atomic mass is 10.1. The molecule has 0 saturated carbocycles. The normalized spacial score (nSPS) is 11.9. The molecule has 0 aliphatic carbocycles. The van der Waals surface area contributed by atoms with Crippen molar-refractivity contribution in [3.63, 3.8) is 0 Å². The summed E-state index contributed by atoms with van der Waals surface area (Å²) in [6, 6.07) is 3.41. The summed E-state index contributed by atoms with van der Waals surface area (Å²) in [7, 11) is -0.415. The van der Waals surface area contributed by atoms with E-state index in [1.54, 1.807) is 33.2 Å². The molecule has 5 nitrogen and oxygen atoms in total. The SMILES string of the molecule is COc1cc(C)c(S(=O)(=O)N(C)Cc2csc(C)n2)cc1C. The fourth-order valence-corrected chi connectivity index (χ4v) is 4.26. The number of ether oxygens (including phenoxy) is 1. The lowest BCUT2D eigenvalue weighted by molar-refractivity contribution is 0.410. The standard InChI is InChI=1S/C15H20N2O3S2/c1-10-7-15(11(2)6-14(10)20-5)22(18,19)17(4)8-13-9-21-12(3)16-13/h6-7,9H,8H2,1-5H3. The van der Waals surface area contributed by atoms with Gasteiger partial charge in [-0.15, -0.1) is 11.3 Å². The predicted molar refractivity (Wildman–Crippen MR) is 88.0 cm³/mol. The number of benzene rings is 1. The molecule has 0 spiro atoms. The molecule has 2 rings (SSSR count). The smallest absolute Gasteiger partial charge is 0.243 e. The van der Waals surface area contributed by atoms with Gasteiger partial charge in [0.15, 0.2) is 0 Å². The van der Waals surface area contributed by atoms with Crippen LogP contribution in [0.15, 0.2) is 22.4 Å². The molecular formula is C15H20N2O3S2. The highest BCUT2D eigenvalue weighted by Gasteiger charge is 2.24.